The van der Waals surface area contributed by atoms with Crippen LogP contribution in [0.1, 0.15) is 19.8 Å². The summed E-state index contributed by atoms with van der Waals surface area (Å²) in [6.07, 6.45) is 2.18. The molecule has 0 saturated carbocycles. The Morgan fingerprint density at radius 3 is 2.95 bits per heavy atom. The third-order valence-corrected chi connectivity index (χ3v) is 3.76. The lowest BCUT2D eigenvalue weighted by atomic mass is 10.0. The number of rotatable bonds is 6. The number of benzene rings is 1. The Bertz CT molecular complexity index is 487. The lowest BCUT2D eigenvalue weighted by molar-refractivity contribution is -0.383. The van der Waals surface area contributed by atoms with Gasteiger partial charge < -0.3 is 15.0 Å². The van der Waals surface area contributed by atoms with Gasteiger partial charge in [0, 0.05) is 26.7 Å². The standard InChI is InChI=1S/C15H23N3O3/c1-3-16-13-7-4-8-14(15(13)18(19)20)17(2)10-12-6-5-9-21-11-12/h4,7-8,12,16H,3,5-6,9-11H2,1-2H3. The van der Waals surface area contributed by atoms with Crippen molar-refractivity contribution in [2.75, 3.05) is 43.6 Å². The van der Waals surface area contributed by atoms with E-state index in [-0.39, 0.29) is 10.6 Å². The molecule has 21 heavy (non-hydrogen) atoms. The van der Waals surface area contributed by atoms with E-state index in [1.807, 2.05) is 31.0 Å². The van der Waals surface area contributed by atoms with Crippen molar-refractivity contribution in [3.63, 3.8) is 0 Å². The summed E-state index contributed by atoms with van der Waals surface area (Å²) in [5.74, 6) is 0.436. The van der Waals surface area contributed by atoms with Crippen molar-refractivity contribution in [3.05, 3.63) is 28.3 Å². The van der Waals surface area contributed by atoms with Crippen LogP contribution < -0.4 is 10.2 Å². The lowest BCUT2D eigenvalue weighted by Gasteiger charge is -2.28. The molecular weight excluding hydrogens is 270 g/mol. The van der Waals surface area contributed by atoms with E-state index in [1.54, 1.807) is 6.07 Å². The van der Waals surface area contributed by atoms with E-state index >= 15 is 0 Å². The van der Waals surface area contributed by atoms with Gasteiger partial charge in [0.15, 0.2) is 0 Å². The van der Waals surface area contributed by atoms with Crippen molar-refractivity contribution in [3.8, 4) is 0 Å². The molecule has 1 atom stereocenters. The van der Waals surface area contributed by atoms with Gasteiger partial charge in [-0.25, -0.2) is 0 Å². The van der Waals surface area contributed by atoms with E-state index in [1.165, 1.54) is 0 Å². The van der Waals surface area contributed by atoms with Gasteiger partial charge in [0.1, 0.15) is 11.4 Å². The highest BCUT2D eigenvalue weighted by Gasteiger charge is 2.24. The Kier molecular flexibility index (Phi) is 5.38. The van der Waals surface area contributed by atoms with E-state index in [4.69, 9.17) is 4.74 Å². The molecule has 1 unspecified atom stereocenters. The Morgan fingerprint density at radius 2 is 2.33 bits per heavy atom. The van der Waals surface area contributed by atoms with Crippen LogP contribution in [0.5, 0.6) is 0 Å². The minimum absolute atomic E-state index is 0.151. The Labute approximate surface area is 125 Å². The number of hydrogen-bond donors (Lipinski definition) is 1. The smallest absolute Gasteiger partial charge is 0.315 e. The molecule has 1 aromatic rings. The monoisotopic (exact) mass is 293 g/mol. The number of nitrogens with one attached hydrogen (secondary N) is 1. The topological polar surface area (TPSA) is 67.6 Å². The molecule has 6 nitrogen and oxygen atoms in total. The average Bonchev–Trinajstić information content (AvgIpc) is 2.48. The van der Waals surface area contributed by atoms with Crippen molar-refractivity contribution < 1.29 is 9.66 Å². The predicted octanol–water partition coefficient (Wildman–Crippen LogP) is 2.89. The second-order valence-corrected chi connectivity index (χ2v) is 5.42. The van der Waals surface area contributed by atoms with Crippen LogP contribution >= 0.6 is 0 Å². The van der Waals surface area contributed by atoms with Crippen molar-refractivity contribution in [1.29, 1.82) is 0 Å². The summed E-state index contributed by atoms with van der Waals surface area (Å²) in [5, 5.41) is 14.5. The molecule has 116 valence electrons. The molecule has 1 aromatic carbocycles. The van der Waals surface area contributed by atoms with Crippen molar-refractivity contribution in [2.24, 2.45) is 5.92 Å². The molecular formula is C15H23N3O3. The molecule has 1 aliphatic heterocycles. The Balaban J connectivity index is 2.20. The highest BCUT2D eigenvalue weighted by molar-refractivity contribution is 5.76. The van der Waals surface area contributed by atoms with Crippen LogP contribution in [0.15, 0.2) is 18.2 Å². The van der Waals surface area contributed by atoms with E-state index < -0.39 is 0 Å². The fourth-order valence-corrected chi connectivity index (χ4v) is 2.80. The fourth-order valence-electron chi connectivity index (χ4n) is 2.80. The molecule has 0 aliphatic carbocycles. The zero-order chi connectivity index (χ0) is 15.2. The van der Waals surface area contributed by atoms with Crippen LogP contribution in [0, 0.1) is 16.0 Å². The van der Waals surface area contributed by atoms with Gasteiger partial charge in [0.05, 0.1) is 11.5 Å². The van der Waals surface area contributed by atoms with Crippen molar-refractivity contribution in [1.82, 2.24) is 0 Å². The van der Waals surface area contributed by atoms with Crippen molar-refractivity contribution >= 4 is 17.1 Å². The summed E-state index contributed by atoms with van der Waals surface area (Å²) >= 11 is 0. The SMILES string of the molecule is CCNc1cccc(N(C)CC2CCCOC2)c1[N+](=O)[O-]. The average molecular weight is 293 g/mol. The minimum Gasteiger partial charge on any atom is -0.381 e. The van der Waals surface area contributed by atoms with Gasteiger partial charge >= 0.3 is 5.69 Å². The summed E-state index contributed by atoms with van der Waals surface area (Å²) in [4.78, 5) is 13.1. The number of anilines is 2. The van der Waals surface area contributed by atoms with Crippen LogP contribution in [-0.2, 0) is 4.74 Å². The first-order valence-electron chi connectivity index (χ1n) is 7.43. The molecule has 1 aliphatic rings. The lowest BCUT2D eigenvalue weighted by Crippen LogP contribution is -2.31. The molecule has 1 fully saturated rings. The second-order valence-electron chi connectivity index (χ2n) is 5.42. The number of nitro groups is 1. The number of hydrogen-bond acceptors (Lipinski definition) is 5. The third-order valence-electron chi connectivity index (χ3n) is 3.76. The number of nitrogens with zero attached hydrogens (tertiary/aromatic N) is 2. The predicted molar refractivity (Wildman–Crippen MR) is 84.1 cm³/mol. The summed E-state index contributed by atoms with van der Waals surface area (Å²) < 4.78 is 5.49. The Hall–Kier alpha value is -1.82. The molecule has 6 heteroatoms. The molecule has 0 spiro atoms. The molecule has 1 heterocycles. The number of para-hydroxylation sites is 1. The minimum atomic E-state index is -0.304. The normalized spacial score (nSPS) is 18.3. The fraction of sp³-hybridized carbons (Fsp3) is 0.600. The first kappa shape index (κ1) is 15.6. The largest absolute Gasteiger partial charge is 0.381 e. The van der Waals surface area contributed by atoms with Gasteiger partial charge in [-0.1, -0.05) is 6.07 Å². The van der Waals surface area contributed by atoms with Gasteiger partial charge in [0.25, 0.3) is 0 Å². The van der Waals surface area contributed by atoms with Crippen LogP contribution in [0.4, 0.5) is 17.1 Å². The maximum Gasteiger partial charge on any atom is 0.315 e. The Morgan fingerprint density at radius 1 is 1.52 bits per heavy atom. The quantitative estimate of drug-likeness (QED) is 0.645. The van der Waals surface area contributed by atoms with Gasteiger partial charge in [-0.15, -0.1) is 0 Å². The van der Waals surface area contributed by atoms with E-state index in [0.717, 1.165) is 32.6 Å². The molecule has 0 bridgehead atoms. The maximum absolute atomic E-state index is 11.4. The maximum atomic E-state index is 11.4. The van der Waals surface area contributed by atoms with Gasteiger partial charge in [-0.3, -0.25) is 10.1 Å². The highest BCUT2D eigenvalue weighted by Crippen LogP contribution is 2.35. The third kappa shape index (κ3) is 3.85. The summed E-state index contributed by atoms with van der Waals surface area (Å²) in [6.45, 7) is 4.93. The summed E-state index contributed by atoms with van der Waals surface area (Å²) in [6, 6.07) is 5.42. The van der Waals surface area contributed by atoms with Crippen molar-refractivity contribution in [2.45, 2.75) is 19.8 Å². The molecule has 0 aromatic heterocycles. The zero-order valence-corrected chi connectivity index (χ0v) is 12.7. The van der Waals surface area contributed by atoms with Crippen LogP contribution in [0.3, 0.4) is 0 Å². The second kappa shape index (κ2) is 7.26. The van der Waals surface area contributed by atoms with Crippen LogP contribution in [-0.4, -0.2) is 38.3 Å². The van der Waals surface area contributed by atoms with Gasteiger partial charge in [-0.2, -0.15) is 0 Å². The van der Waals surface area contributed by atoms with E-state index in [0.29, 0.717) is 23.8 Å². The van der Waals surface area contributed by atoms with E-state index in [9.17, 15) is 10.1 Å². The summed E-state index contributed by atoms with van der Waals surface area (Å²) in [7, 11) is 1.91. The summed E-state index contributed by atoms with van der Waals surface area (Å²) in [5.41, 5.74) is 1.38. The molecule has 1 N–H and O–H groups in total. The first-order chi connectivity index (χ1) is 10.1. The molecule has 0 amide bonds. The van der Waals surface area contributed by atoms with Crippen LogP contribution in [0.25, 0.3) is 0 Å². The zero-order valence-electron chi connectivity index (χ0n) is 12.7. The molecule has 2 rings (SSSR count). The number of nitro benzene ring substituents is 1. The molecule has 0 radical (unpaired) electrons. The first-order valence-corrected chi connectivity index (χ1v) is 7.43. The van der Waals surface area contributed by atoms with Crippen LogP contribution in [0.2, 0.25) is 0 Å². The van der Waals surface area contributed by atoms with E-state index in [2.05, 4.69) is 5.32 Å². The van der Waals surface area contributed by atoms with Gasteiger partial charge in [-0.05, 0) is 37.8 Å². The van der Waals surface area contributed by atoms with Gasteiger partial charge in [0.2, 0.25) is 0 Å². The molecule has 1 saturated heterocycles. The number of ether oxygens (including phenoxy) is 1. The highest BCUT2D eigenvalue weighted by atomic mass is 16.6.